The lowest BCUT2D eigenvalue weighted by molar-refractivity contribution is 0.0564. The molecule has 0 spiro atoms. The zero-order chi connectivity index (χ0) is 20.1. The molecule has 0 saturated carbocycles. The number of para-hydroxylation sites is 1. The molecule has 0 radical (unpaired) electrons. The van der Waals surface area contributed by atoms with E-state index in [2.05, 4.69) is 5.10 Å². The van der Waals surface area contributed by atoms with Gasteiger partial charge in [-0.3, -0.25) is 4.79 Å². The van der Waals surface area contributed by atoms with Crippen LogP contribution in [0.5, 0.6) is 5.75 Å². The number of ether oxygens (including phenoxy) is 2. The first kappa shape index (κ1) is 20.3. The van der Waals surface area contributed by atoms with Crippen molar-refractivity contribution in [1.29, 1.82) is 0 Å². The van der Waals surface area contributed by atoms with E-state index >= 15 is 0 Å². The van der Waals surface area contributed by atoms with Gasteiger partial charge >= 0.3 is 6.09 Å². The third kappa shape index (κ3) is 4.69. The smallest absolute Gasteiger partial charge is 0.409 e. The summed E-state index contributed by atoms with van der Waals surface area (Å²) in [5.41, 5.74) is 0.304. The molecule has 150 valence electrons. The van der Waals surface area contributed by atoms with Gasteiger partial charge in [0.25, 0.3) is 5.91 Å². The Hall–Kier alpha value is -2.45. The molecule has 2 aromatic rings. The summed E-state index contributed by atoms with van der Waals surface area (Å²) in [6.45, 7) is 3.87. The number of nitrogens with zero attached hydrogens (tertiary/aromatic N) is 4. The first-order valence-electron chi connectivity index (χ1n) is 8.81. The van der Waals surface area contributed by atoms with Gasteiger partial charge in [-0.2, -0.15) is 5.10 Å². The average molecular weight is 427 g/mol. The van der Waals surface area contributed by atoms with E-state index in [0.717, 1.165) is 0 Å². The Bertz CT molecular complexity index is 830. The molecule has 1 aromatic carbocycles. The maximum atomic E-state index is 12.6. The van der Waals surface area contributed by atoms with Gasteiger partial charge in [-0.05, 0) is 25.1 Å². The predicted molar refractivity (Wildman–Crippen MR) is 104 cm³/mol. The van der Waals surface area contributed by atoms with Crippen LogP contribution in [0.2, 0.25) is 10.0 Å². The fourth-order valence-electron chi connectivity index (χ4n) is 2.77. The lowest BCUT2D eigenvalue weighted by Crippen LogP contribution is -2.50. The highest BCUT2D eigenvalue weighted by atomic mass is 35.5. The lowest BCUT2D eigenvalue weighted by atomic mass is 10.3. The molecule has 3 rings (SSSR count). The summed E-state index contributed by atoms with van der Waals surface area (Å²) in [5, 5.41) is 5.05. The summed E-state index contributed by atoms with van der Waals surface area (Å²) in [6.07, 6.45) is 1.29. The number of benzene rings is 1. The van der Waals surface area contributed by atoms with Gasteiger partial charge in [-0.25, -0.2) is 9.48 Å². The van der Waals surface area contributed by atoms with Gasteiger partial charge in [0.05, 0.1) is 16.7 Å². The van der Waals surface area contributed by atoms with Crippen LogP contribution in [0, 0.1) is 0 Å². The largest absolute Gasteiger partial charge is 0.468 e. The molecule has 10 heteroatoms. The minimum absolute atomic E-state index is 0.0629. The van der Waals surface area contributed by atoms with Crippen LogP contribution < -0.4 is 4.74 Å². The minimum atomic E-state index is -0.353. The second kappa shape index (κ2) is 9.16. The number of aromatic nitrogens is 2. The van der Waals surface area contributed by atoms with Gasteiger partial charge in [0.15, 0.2) is 18.2 Å². The number of halogens is 2. The zero-order valence-corrected chi connectivity index (χ0v) is 16.8. The summed E-state index contributed by atoms with van der Waals surface area (Å²) < 4.78 is 12.1. The first-order chi connectivity index (χ1) is 13.5. The minimum Gasteiger partial charge on any atom is -0.468 e. The highest BCUT2D eigenvalue weighted by Crippen LogP contribution is 2.32. The molecule has 2 amide bonds. The van der Waals surface area contributed by atoms with Crippen molar-refractivity contribution in [2.24, 2.45) is 0 Å². The van der Waals surface area contributed by atoms with Gasteiger partial charge in [0.1, 0.15) is 0 Å². The molecule has 0 atom stereocenters. The second-order valence-corrected chi connectivity index (χ2v) is 6.86. The Morgan fingerprint density at radius 3 is 2.36 bits per heavy atom. The van der Waals surface area contributed by atoms with E-state index in [1.807, 2.05) is 0 Å². The maximum absolute atomic E-state index is 12.6. The van der Waals surface area contributed by atoms with E-state index in [4.69, 9.17) is 32.7 Å². The molecule has 2 heterocycles. The first-order valence-corrected chi connectivity index (χ1v) is 9.56. The van der Waals surface area contributed by atoms with E-state index in [9.17, 15) is 9.59 Å². The molecule has 0 unspecified atom stereocenters. The van der Waals surface area contributed by atoms with Gasteiger partial charge in [-0.15, -0.1) is 0 Å². The second-order valence-electron chi connectivity index (χ2n) is 6.04. The standard InChI is InChI=1S/C18H20Cl2N4O4/c1-2-27-18(26)23-10-8-22(9-11-23)17(25)15-6-7-24(21-15)12-28-16-13(19)4-3-5-14(16)20/h3-7H,2,8-12H2,1H3. The molecule has 1 aliphatic heterocycles. The number of hydrogen-bond donors (Lipinski definition) is 0. The predicted octanol–water partition coefficient (Wildman–Crippen LogP) is 3.14. The molecule has 8 nitrogen and oxygen atoms in total. The van der Waals surface area contributed by atoms with Crippen LogP contribution in [0.25, 0.3) is 0 Å². The third-order valence-electron chi connectivity index (χ3n) is 4.21. The number of hydrogen-bond acceptors (Lipinski definition) is 5. The van der Waals surface area contributed by atoms with Gasteiger partial charge in [-0.1, -0.05) is 29.3 Å². The molecule has 1 aliphatic rings. The van der Waals surface area contributed by atoms with Gasteiger partial charge in [0, 0.05) is 32.4 Å². The molecule has 1 saturated heterocycles. The van der Waals surface area contributed by atoms with E-state index < -0.39 is 0 Å². The zero-order valence-electron chi connectivity index (χ0n) is 15.3. The van der Waals surface area contributed by atoms with E-state index in [-0.39, 0.29) is 18.7 Å². The summed E-state index contributed by atoms with van der Waals surface area (Å²) in [6, 6.07) is 6.70. The van der Waals surface area contributed by atoms with Crippen LogP contribution in [0.3, 0.4) is 0 Å². The Labute approximate surface area is 172 Å². The Balaban J connectivity index is 1.55. The normalized spacial score (nSPS) is 14.1. The summed E-state index contributed by atoms with van der Waals surface area (Å²) >= 11 is 12.1. The van der Waals surface area contributed by atoms with Crippen molar-refractivity contribution in [3.8, 4) is 5.75 Å². The van der Waals surface area contributed by atoms with E-state index in [1.54, 1.807) is 47.2 Å². The Morgan fingerprint density at radius 1 is 1.07 bits per heavy atom. The molecular weight excluding hydrogens is 407 g/mol. The van der Waals surface area contributed by atoms with Crippen LogP contribution in [0.15, 0.2) is 30.5 Å². The SMILES string of the molecule is CCOC(=O)N1CCN(C(=O)c2ccn(COc3c(Cl)cccc3Cl)n2)CC1. The summed E-state index contributed by atoms with van der Waals surface area (Å²) in [5.74, 6) is 0.169. The number of amides is 2. The van der Waals surface area contributed by atoms with Crippen LogP contribution in [-0.2, 0) is 11.5 Å². The van der Waals surface area contributed by atoms with Crippen molar-refractivity contribution in [1.82, 2.24) is 19.6 Å². The summed E-state index contributed by atoms with van der Waals surface area (Å²) in [4.78, 5) is 27.6. The third-order valence-corrected chi connectivity index (χ3v) is 4.81. The molecule has 0 bridgehead atoms. The van der Waals surface area contributed by atoms with Gasteiger partial charge < -0.3 is 19.3 Å². The molecule has 1 fully saturated rings. The number of piperazine rings is 1. The fraction of sp³-hybridized carbons (Fsp3) is 0.389. The molecular formula is C18H20Cl2N4O4. The van der Waals surface area contributed by atoms with Crippen molar-refractivity contribution < 1.29 is 19.1 Å². The monoisotopic (exact) mass is 426 g/mol. The number of carbonyl (C=O) groups excluding carboxylic acids is 2. The van der Waals surface area contributed by atoms with Crippen LogP contribution >= 0.6 is 23.2 Å². The van der Waals surface area contributed by atoms with E-state index in [0.29, 0.717) is 54.3 Å². The average Bonchev–Trinajstić information content (AvgIpc) is 3.16. The molecule has 28 heavy (non-hydrogen) atoms. The van der Waals surface area contributed by atoms with Crippen molar-refractivity contribution in [3.63, 3.8) is 0 Å². The lowest BCUT2D eigenvalue weighted by Gasteiger charge is -2.33. The van der Waals surface area contributed by atoms with Crippen LogP contribution in [0.1, 0.15) is 17.4 Å². The van der Waals surface area contributed by atoms with Crippen LogP contribution in [0.4, 0.5) is 4.79 Å². The topological polar surface area (TPSA) is 76.9 Å². The van der Waals surface area contributed by atoms with Crippen molar-refractivity contribution in [3.05, 3.63) is 46.2 Å². The molecule has 1 aromatic heterocycles. The van der Waals surface area contributed by atoms with Crippen molar-refractivity contribution >= 4 is 35.2 Å². The molecule has 0 N–H and O–H groups in total. The number of carbonyl (C=O) groups is 2. The van der Waals surface area contributed by atoms with Crippen molar-refractivity contribution in [2.75, 3.05) is 32.8 Å². The Morgan fingerprint density at radius 2 is 1.71 bits per heavy atom. The quantitative estimate of drug-likeness (QED) is 0.733. The number of rotatable bonds is 5. The highest BCUT2D eigenvalue weighted by molar-refractivity contribution is 6.37. The maximum Gasteiger partial charge on any atom is 0.409 e. The van der Waals surface area contributed by atoms with Crippen molar-refractivity contribution in [2.45, 2.75) is 13.7 Å². The Kier molecular flexibility index (Phi) is 6.64. The highest BCUT2D eigenvalue weighted by Gasteiger charge is 2.26. The van der Waals surface area contributed by atoms with E-state index in [1.165, 1.54) is 4.68 Å². The van der Waals surface area contributed by atoms with Gasteiger partial charge in [0.2, 0.25) is 0 Å². The fourth-order valence-corrected chi connectivity index (χ4v) is 3.27. The van der Waals surface area contributed by atoms with Crippen LogP contribution in [-0.4, -0.2) is 64.4 Å². The summed E-state index contributed by atoms with van der Waals surface area (Å²) in [7, 11) is 0. The molecule has 0 aliphatic carbocycles.